The Morgan fingerprint density at radius 3 is 1.62 bits per heavy atom. The minimum Gasteiger partial charge on any atom is -0.445 e. The number of nitrogens with one attached hydrogen (secondary N) is 6. The number of carbonyl (C=O) groups is 6. The monoisotopic (exact) mass is 734 g/mol. The van der Waals surface area contributed by atoms with Crippen molar-refractivity contribution in [1.29, 1.82) is 0 Å². The zero-order valence-electron chi connectivity index (χ0n) is 31.9. The number of ether oxygens (including phenoxy) is 1. The summed E-state index contributed by atoms with van der Waals surface area (Å²) in [5, 5.41) is 16.9. The molecule has 0 aliphatic carbocycles. The van der Waals surface area contributed by atoms with Crippen LogP contribution in [0.1, 0.15) is 84.8 Å². The van der Waals surface area contributed by atoms with Gasteiger partial charge in [0, 0.05) is 13.0 Å². The van der Waals surface area contributed by atoms with Gasteiger partial charge in [0.15, 0.2) is 0 Å². The van der Waals surface area contributed by atoms with E-state index in [2.05, 4.69) is 31.9 Å². The molecule has 0 bridgehead atoms. The molecule has 0 spiro atoms. The first kappa shape index (κ1) is 42.5. The van der Waals surface area contributed by atoms with Gasteiger partial charge >= 0.3 is 6.09 Å². The van der Waals surface area contributed by atoms with Gasteiger partial charge in [0.1, 0.15) is 36.8 Å². The number of benzene rings is 2. The van der Waals surface area contributed by atoms with E-state index >= 15 is 0 Å². The van der Waals surface area contributed by atoms with Crippen LogP contribution < -0.4 is 31.9 Å². The summed E-state index contributed by atoms with van der Waals surface area (Å²) >= 11 is 0. The van der Waals surface area contributed by atoms with Crippen LogP contribution in [0.15, 0.2) is 60.7 Å². The highest BCUT2D eigenvalue weighted by molar-refractivity contribution is 5.98. The molecule has 290 valence electrons. The first-order valence-corrected chi connectivity index (χ1v) is 18.7. The average Bonchev–Trinajstić information content (AvgIpc) is 3.11. The SMILES string of the molecule is CC(C)C[C@@H]1NC(=O)[C@H](Cc2ccccc2)NC(=O)[C@H](CC(C)C)NC(=O)[C@@H](C(C)C)NC(=O)[C@H](CCCCNC(=O)OCc2ccccc2)NC1=O. The molecule has 0 radical (unpaired) electrons. The molecule has 1 saturated heterocycles. The van der Waals surface area contributed by atoms with Gasteiger partial charge in [-0.05, 0) is 61.0 Å². The lowest BCUT2D eigenvalue weighted by Crippen LogP contribution is -2.59. The summed E-state index contributed by atoms with van der Waals surface area (Å²) in [7, 11) is 0. The fourth-order valence-corrected chi connectivity index (χ4v) is 6.04. The lowest BCUT2D eigenvalue weighted by Gasteiger charge is -2.28. The predicted molar refractivity (Wildman–Crippen MR) is 202 cm³/mol. The third-order valence-electron chi connectivity index (χ3n) is 8.88. The Kier molecular flexibility index (Phi) is 17.3. The highest BCUT2D eigenvalue weighted by Gasteiger charge is 2.35. The Morgan fingerprint density at radius 2 is 1.08 bits per heavy atom. The summed E-state index contributed by atoms with van der Waals surface area (Å²) < 4.78 is 5.27. The van der Waals surface area contributed by atoms with Gasteiger partial charge in [-0.1, -0.05) is 102 Å². The number of carbonyl (C=O) groups excluding carboxylic acids is 6. The van der Waals surface area contributed by atoms with Crippen LogP contribution in [0.25, 0.3) is 0 Å². The van der Waals surface area contributed by atoms with E-state index in [4.69, 9.17) is 4.74 Å². The van der Waals surface area contributed by atoms with Crippen LogP contribution in [0, 0.1) is 17.8 Å². The average molecular weight is 735 g/mol. The Bertz CT molecular complexity index is 1500. The van der Waals surface area contributed by atoms with Gasteiger partial charge in [-0.25, -0.2) is 4.79 Å². The summed E-state index contributed by atoms with van der Waals surface area (Å²) in [5.41, 5.74) is 1.66. The van der Waals surface area contributed by atoms with Crippen molar-refractivity contribution in [2.24, 2.45) is 17.8 Å². The Labute approximate surface area is 313 Å². The van der Waals surface area contributed by atoms with E-state index in [9.17, 15) is 28.8 Å². The zero-order valence-corrected chi connectivity index (χ0v) is 31.9. The third kappa shape index (κ3) is 14.9. The fraction of sp³-hybridized carbons (Fsp3) is 0.550. The third-order valence-corrected chi connectivity index (χ3v) is 8.88. The van der Waals surface area contributed by atoms with Gasteiger partial charge in [-0.15, -0.1) is 0 Å². The van der Waals surface area contributed by atoms with Gasteiger partial charge in [-0.3, -0.25) is 24.0 Å². The predicted octanol–water partition coefficient (Wildman–Crippen LogP) is 3.51. The van der Waals surface area contributed by atoms with Crippen LogP contribution >= 0.6 is 0 Å². The Balaban J connectivity index is 1.85. The molecule has 1 aliphatic rings. The summed E-state index contributed by atoms with van der Waals surface area (Å²) in [6.07, 6.45) is 1.26. The molecular formula is C40H58N6O7. The number of amides is 6. The maximum Gasteiger partial charge on any atom is 0.407 e. The minimum atomic E-state index is -1.05. The lowest BCUT2D eigenvalue weighted by molar-refractivity contribution is -0.135. The molecule has 6 N–H and O–H groups in total. The molecule has 13 nitrogen and oxygen atoms in total. The normalized spacial score (nSPS) is 21.8. The van der Waals surface area contributed by atoms with Crippen LogP contribution in [-0.4, -0.2) is 72.4 Å². The van der Waals surface area contributed by atoms with E-state index in [-0.39, 0.29) is 50.2 Å². The molecule has 1 aliphatic heterocycles. The number of alkyl carbamates (subject to hydrolysis) is 1. The van der Waals surface area contributed by atoms with Crippen molar-refractivity contribution in [2.45, 2.75) is 117 Å². The molecular weight excluding hydrogens is 676 g/mol. The van der Waals surface area contributed by atoms with Gasteiger partial charge in [-0.2, -0.15) is 0 Å². The van der Waals surface area contributed by atoms with Crippen LogP contribution in [0.3, 0.4) is 0 Å². The minimum absolute atomic E-state index is 0.00198. The van der Waals surface area contributed by atoms with Gasteiger partial charge < -0.3 is 36.6 Å². The Hall–Kier alpha value is -4.94. The quantitative estimate of drug-likeness (QED) is 0.161. The molecule has 53 heavy (non-hydrogen) atoms. The second-order valence-corrected chi connectivity index (χ2v) is 14.9. The van der Waals surface area contributed by atoms with Crippen molar-refractivity contribution in [3.05, 3.63) is 71.8 Å². The van der Waals surface area contributed by atoms with Gasteiger partial charge in [0.25, 0.3) is 0 Å². The molecule has 0 aromatic heterocycles. The smallest absolute Gasteiger partial charge is 0.407 e. The van der Waals surface area contributed by atoms with E-state index in [0.717, 1.165) is 11.1 Å². The molecule has 0 unspecified atom stereocenters. The first-order chi connectivity index (χ1) is 25.2. The molecule has 2 aromatic rings. The Morgan fingerprint density at radius 1 is 0.604 bits per heavy atom. The van der Waals surface area contributed by atoms with Gasteiger partial charge in [0.05, 0.1) is 0 Å². The standard InChI is InChI=1S/C40H58N6O7/c1-25(2)21-31-36(48)42-30(19-13-14-20-41-40(52)53-24-29-17-11-8-12-18-29)35(47)46-34(27(5)6)39(51)45-32(22-26(3)4)37(49)44-33(38(50)43-31)23-28-15-9-7-10-16-28/h7-12,15-18,25-27,30-34H,13-14,19-24H2,1-6H3,(H,41,52)(H,42,48)(H,43,50)(H,44,49)(H,45,51)(H,46,47)/t30-,31-,32-,33-,34+/m0/s1. The van der Waals surface area contributed by atoms with E-state index in [1.807, 2.05) is 88.4 Å². The van der Waals surface area contributed by atoms with Crippen molar-refractivity contribution in [3.8, 4) is 0 Å². The summed E-state index contributed by atoms with van der Waals surface area (Å²) in [6.45, 7) is 11.7. The molecule has 5 atom stereocenters. The topological polar surface area (TPSA) is 184 Å². The number of hydrogen-bond donors (Lipinski definition) is 6. The van der Waals surface area contributed by atoms with Crippen molar-refractivity contribution in [2.75, 3.05) is 6.54 Å². The fourth-order valence-electron chi connectivity index (χ4n) is 6.04. The van der Waals surface area contributed by atoms with E-state index < -0.39 is 65.8 Å². The summed E-state index contributed by atoms with van der Waals surface area (Å²) in [6, 6.07) is 13.4. The van der Waals surface area contributed by atoms with Crippen molar-refractivity contribution < 1.29 is 33.5 Å². The molecule has 3 rings (SSSR count). The largest absolute Gasteiger partial charge is 0.445 e. The highest BCUT2D eigenvalue weighted by Crippen LogP contribution is 2.14. The van der Waals surface area contributed by atoms with Crippen LogP contribution in [0.5, 0.6) is 0 Å². The highest BCUT2D eigenvalue weighted by atomic mass is 16.5. The molecule has 1 heterocycles. The molecule has 0 saturated carbocycles. The van der Waals surface area contributed by atoms with Crippen molar-refractivity contribution >= 4 is 35.6 Å². The molecule has 2 aromatic carbocycles. The molecule has 6 amide bonds. The lowest BCUT2D eigenvalue weighted by atomic mass is 9.98. The summed E-state index contributed by atoms with van der Waals surface area (Å²) in [5.74, 6) is -3.11. The molecule has 1 fully saturated rings. The first-order valence-electron chi connectivity index (χ1n) is 18.7. The maximum absolute atomic E-state index is 13.9. The van der Waals surface area contributed by atoms with Crippen molar-refractivity contribution in [1.82, 2.24) is 31.9 Å². The number of unbranched alkanes of at least 4 members (excludes halogenated alkanes) is 1. The number of rotatable bonds is 14. The van der Waals surface area contributed by atoms with E-state index in [1.54, 1.807) is 13.8 Å². The zero-order chi connectivity index (χ0) is 38.9. The maximum atomic E-state index is 13.9. The van der Waals surface area contributed by atoms with Crippen molar-refractivity contribution in [3.63, 3.8) is 0 Å². The summed E-state index contributed by atoms with van der Waals surface area (Å²) in [4.78, 5) is 81.5. The van der Waals surface area contributed by atoms with Crippen LogP contribution in [0.4, 0.5) is 4.79 Å². The molecule has 13 heteroatoms. The van der Waals surface area contributed by atoms with Gasteiger partial charge in [0.2, 0.25) is 29.5 Å². The number of hydrogen-bond acceptors (Lipinski definition) is 7. The second-order valence-electron chi connectivity index (χ2n) is 14.9. The van der Waals surface area contributed by atoms with Crippen LogP contribution in [-0.2, 0) is 41.7 Å². The van der Waals surface area contributed by atoms with E-state index in [1.165, 1.54) is 0 Å². The second kappa shape index (κ2) is 21.6. The van der Waals surface area contributed by atoms with Crippen LogP contribution in [0.2, 0.25) is 0 Å². The van der Waals surface area contributed by atoms with E-state index in [0.29, 0.717) is 19.3 Å².